The van der Waals surface area contributed by atoms with E-state index in [2.05, 4.69) is 4.52 Å². The van der Waals surface area contributed by atoms with Gasteiger partial charge in [0.1, 0.15) is 6.66 Å². The zero-order valence-corrected chi connectivity index (χ0v) is 6.73. The highest BCUT2D eigenvalue weighted by Gasteiger charge is 2.22. The predicted octanol–water partition coefficient (Wildman–Crippen LogP) is 1.45. The van der Waals surface area contributed by atoms with Gasteiger partial charge in [0.25, 0.3) is 0 Å². The van der Waals surface area contributed by atoms with Crippen LogP contribution in [0.4, 0.5) is 0 Å². The molecule has 0 aliphatic heterocycles. The van der Waals surface area contributed by atoms with Gasteiger partial charge in [-0.05, 0) is 0 Å². The van der Waals surface area contributed by atoms with Crippen molar-refractivity contribution in [2.24, 2.45) is 0 Å². The molecule has 6 heavy (non-hydrogen) atoms. The van der Waals surface area contributed by atoms with Gasteiger partial charge in [0.05, 0.1) is 7.11 Å². The fourth-order valence-corrected chi connectivity index (χ4v) is 0. The van der Waals surface area contributed by atoms with E-state index in [1.54, 1.807) is 6.66 Å². The summed E-state index contributed by atoms with van der Waals surface area (Å²) in [5, 5.41) is -1.93. The summed E-state index contributed by atoms with van der Waals surface area (Å²) in [4.78, 5) is 8.70. The third-order valence-corrected chi connectivity index (χ3v) is 2.18. The molecule has 1 atom stereocenters. The van der Waals surface area contributed by atoms with Crippen molar-refractivity contribution >= 4 is 27.4 Å². The van der Waals surface area contributed by atoms with Gasteiger partial charge in [-0.1, -0.05) is 0 Å². The minimum absolute atomic E-state index is 1.50. The van der Waals surface area contributed by atoms with Gasteiger partial charge in [0.15, 0.2) is 0 Å². The summed E-state index contributed by atoms with van der Waals surface area (Å²) in [6, 6.07) is 0. The fraction of sp³-hybridized carbons (Fsp3) is 1.00. The number of rotatable bonds is 1. The van der Waals surface area contributed by atoms with Crippen LogP contribution < -0.4 is 0 Å². The SMILES string of the molecule is CO[P+](C)(O)I. The van der Waals surface area contributed by atoms with Gasteiger partial charge < -0.3 is 0 Å². The van der Waals surface area contributed by atoms with Crippen molar-refractivity contribution in [1.29, 1.82) is 0 Å². The first-order valence-corrected chi connectivity index (χ1v) is 6.30. The largest absolute Gasteiger partial charge is 0.326 e. The van der Waals surface area contributed by atoms with Crippen LogP contribution in [0.3, 0.4) is 0 Å². The number of hydrogen-bond donors (Lipinski definition) is 1. The maximum Gasteiger partial charge on any atom is 0.326 e. The monoisotopic (exact) mass is 221 g/mol. The number of hydrogen-bond acceptors (Lipinski definition) is 2. The standard InChI is InChI=1S/C2H7IO2P/c1-5-6(2,3)4/h4H,1-2H3/q+1. The van der Waals surface area contributed by atoms with Gasteiger partial charge >= 0.3 is 5.36 Å². The van der Waals surface area contributed by atoms with Crippen molar-refractivity contribution in [3.8, 4) is 0 Å². The van der Waals surface area contributed by atoms with Crippen molar-refractivity contribution < 1.29 is 9.42 Å². The van der Waals surface area contributed by atoms with Gasteiger partial charge in [0, 0.05) is 0 Å². The molecule has 0 amide bonds. The Bertz CT molecular complexity index is 41.3. The van der Waals surface area contributed by atoms with E-state index in [0.717, 1.165) is 0 Å². The predicted molar refractivity (Wildman–Crippen MR) is 36.1 cm³/mol. The summed E-state index contributed by atoms with van der Waals surface area (Å²) >= 11 is 1.89. The quantitative estimate of drug-likeness (QED) is 0.536. The van der Waals surface area contributed by atoms with Crippen LogP contribution in [0.25, 0.3) is 0 Å². The number of halogens is 1. The summed E-state index contributed by atoms with van der Waals surface area (Å²) < 4.78 is 4.59. The molecule has 1 N–H and O–H groups in total. The minimum Gasteiger partial charge on any atom is -0.211 e. The molecule has 4 heteroatoms. The Morgan fingerprint density at radius 3 is 2.00 bits per heavy atom. The van der Waals surface area contributed by atoms with Crippen LogP contribution >= 0.6 is 27.4 Å². The molecule has 0 aliphatic rings. The first-order chi connectivity index (χ1) is 2.56. The van der Waals surface area contributed by atoms with Crippen molar-refractivity contribution in [2.45, 2.75) is 0 Å². The van der Waals surface area contributed by atoms with E-state index in [9.17, 15) is 0 Å². The Labute approximate surface area is 50.9 Å². The molecule has 0 aromatic rings. The molecule has 0 rings (SSSR count). The van der Waals surface area contributed by atoms with E-state index in [4.69, 9.17) is 4.89 Å². The molecule has 1 unspecified atom stereocenters. The zero-order chi connectivity index (χ0) is 5.21. The molecule has 0 aromatic heterocycles. The van der Waals surface area contributed by atoms with E-state index in [0.29, 0.717) is 0 Å². The Morgan fingerprint density at radius 2 is 2.00 bits per heavy atom. The highest BCUT2D eigenvalue weighted by molar-refractivity contribution is 14.2. The van der Waals surface area contributed by atoms with Crippen LogP contribution in [0.15, 0.2) is 0 Å². The van der Waals surface area contributed by atoms with Gasteiger partial charge in [0.2, 0.25) is 22.0 Å². The second-order valence-corrected chi connectivity index (χ2v) is 8.25. The second-order valence-electron chi connectivity index (χ2n) is 0.960. The van der Waals surface area contributed by atoms with Gasteiger partial charge in [-0.15, -0.1) is 0 Å². The van der Waals surface area contributed by atoms with Crippen LogP contribution in [0, 0.1) is 0 Å². The lowest BCUT2D eigenvalue weighted by Crippen LogP contribution is -1.77. The summed E-state index contributed by atoms with van der Waals surface area (Å²) in [5.74, 6) is 0. The van der Waals surface area contributed by atoms with Crippen LogP contribution in [0.1, 0.15) is 0 Å². The molecule has 0 aromatic carbocycles. The topological polar surface area (TPSA) is 29.5 Å². The average Bonchev–Trinajstić information content (AvgIpc) is 1.35. The van der Waals surface area contributed by atoms with Gasteiger partial charge in [-0.2, -0.15) is 0 Å². The van der Waals surface area contributed by atoms with Crippen LogP contribution in [0.2, 0.25) is 0 Å². The molecule has 0 fully saturated rings. The summed E-state index contributed by atoms with van der Waals surface area (Å²) in [6.45, 7) is 1.67. The Hall–Kier alpha value is 1.08. The fourth-order valence-electron chi connectivity index (χ4n) is 0. The lowest BCUT2D eigenvalue weighted by Gasteiger charge is -1.96. The molecule has 0 spiro atoms. The van der Waals surface area contributed by atoms with Crippen LogP contribution in [0.5, 0.6) is 0 Å². The normalized spacial score (nSPS) is 20.0. The smallest absolute Gasteiger partial charge is 0.211 e. The molecule has 38 valence electrons. The summed E-state index contributed by atoms with van der Waals surface area (Å²) in [5.41, 5.74) is 0. The maximum atomic E-state index is 8.70. The van der Waals surface area contributed by atoms with Crippen molar-refractivity contribution in [1.82, 2.24) is 0 Å². The van der Waals surface area contributed by atoms with E-state index >= 15 is 0 Å². The molecule has 0 bridgehead atoms. The third kappa shape index (κ3) is 5.08. The molecular formula is C2H7IO2P+. The van der Waals surface area contributed by atoms with E-state index in [1.807, 2.05) is 22.0 Å². The molecule has 0 aliphatic carbocycles. The van der Waals surface area contributed by atoms with E-state index in [-0.39, 0.29) is 0 Å². The Kier molecular flexibility index (Phi) is 2.84. The average molecular weight is 221 g/mol. The highest BCUT2D eigenvalue weighted by atomic mass is 127. The first kappa shape index (κ1) is 7.08. The van der Waals surface area contributed by atoms with E-state index in [1.165, 1.54) is 7.11 Å². The van der Waals surface area contributed by atoms with Crippen LogP contribution in [-0.2, 0) is 4.52 Å². The van der Waals surface area contributed by atoms with Crippen LogP contribution in [-0.4, -0.2) is 18.7 Å². The maximum absolute atomic E-state index is 8.70. The highest BCUT2D eigenvalue weighted by Crippen LogP contribution is 2.59. The Balaban J connectivity index is 3.17. The van der Waals surface area contributed by atoms with Crippen molar-refractivity contribution in [3.63, 3.8) is 0 Å². The lowest BCUT2D eigenvalue weighted by molar-refractivity contribution is 0.393. The van der Waals surface area contributed by atoms with Crippen molar-refractivity contribution in [2.75, 3.05) is 13.8 Å². The first-order valence-electron chi connectivity index (χ1n) is 1.41. The molecular weight excluding hydrogens is 214 g/mol. The molecule has 0 heterocycles. The third-order valence-electron chi connectivity index (χ3n) is 0.333. The lowest BCUT2D eigenvalue weighted by atomic mass is 11.8. The minimum atomic E-state index is -1.93. The summed E-state index contributed by atoms with van der Waals surface area (Å²) in [6.07, 6.45) is 0. The molecule has 0 saturated carbocycles. The second kappa shape index (κ2) is 2.40. The van der Waals surface area contributed by atoms with Gasteiger partial charge in [-0.3, -0.25) is 0 Å². The Morgan fingerprint density at radius 1 is 1.83 bits per heavy atom. The molecule has 2 nitrogen and oxygen atoms in total. The summed E-state index contributed by atoms with van der Waals surface area (Å²) in [7, 11) is 1.50. The van der Waals surface area contributed by atoms with Gasteiger partial charge in [-0.25, -0.2) is 9.42 Å². The zero-order valence-electron chi connectivity index (χ0n) is 3.68. The van der Waals surface area contributed by atoms with E-state index < -0.39 is 5.36 Å². The molecule has 0 radical (unpaired) electrons. The molecule has 0 saturated heterocycles. The van der Waals surface area contributed by atoms with Crippen molar-refractivity contribution in [3.05, 3.63) is 0 Å².